The quantitative estimate of drug-likeness (QED) is 0.879. The first-order valence-corrected chi connectivity index (χ1v) is 6.69. The van der Waals surface area contributed by atoms with Gasteiger partial charge in [0.25, 0.3) is 0 Å². The van der Waals surface area contributed by atoms with E-state index >= 15 is 0 Å². The van der Waals surface area contributed by atoms with Crippen LogP contribution in [0.1, 0.15) is 26.3 Å². The molecule has 0 aliphatic rings. The van der Waals surface area contributed by atoms with Gasteiger partial charge in [0, 0.05) is 17.4 Å². The second-order valence-corrected chi connectivity index (χ2v) is 5.84. The van der Waals surface area contributed by atoms with Crippen LogP contribution in [0.2, 0.25) is 0 Å². The molecule has 0 saturated carbocycles. The lowest BCUT2D eigenvalue weighted by Crippen LogP contribution is -2.26. The van der Waals surface area contributed by atoms with Gasteiger partial charge in [-0.2, -0.15) is 18.2 Å². The first kappa shape index (κ1) is 16.1. The Hall–Kier alpha value is -2.31. The molecule has 0 radical (unpaired) electrons. The number of hydrogen-bond acceptors (Lipinski definition) is 4. The molecule has 2 rings (SSSR count). The predicted molar refractivity (Wildman–Crippen MR) is 80.1 cm³/mol. The molecule has 0 bridgehead atoms. The number of benzene rings is 1. The Morgan fingerprint density at radius 3 is 2.41 bits per heavy atom. The molecule has 0 amide bonds. The van der Waals surface area contributed by atoms with E-state index in [1.165, 1.54) is 18.3 Å². The van der Waals surface area contributed by atoms with Crippen LogP contribution in [0.3, 0.4) is 0 Å². The maximum absolute atomic E-state index is 12.7. The van der Waals surface area contributed by atoms with E-state index in [0.717, 1.165) is 12.1 Å². The van der Waals surface area contributed by atoms with Crippen molar-refractivity contribution in [3.05, 3.63) is 42.1 Å². The largest absolute Gasteiger partial charge is 0.416 e. The van der Waals surface area contributed by atoms with Gasteiger partial charge in [-0.05, 0) is 45.0 Å². The van der Waals surface area contributed by atoms with Crippen LogP contribution >= 0.6 is 0 Å². The molecule has 0 aliphatic carbocycles. The van der Waals surface area contributed by atoms with Crippen LogP contribution in [-0.2, 0) is 6.18 Å². The third-order valence-corrected chi connectivity index (χ3v) is 2.60. The molecule has 0 atom stereocenters. The number of nitrogens with one attached hydrogen (secondary N) is 2. The summed E-state index contributed by atoms with van der Waals surface area (Å²) in [7, 11) is 0. The van der Waals surface area contributed by atoms with Gasteiger partial charge in [-0.3, -0.25) is 0 Å². The SMILES string of the molecule is CC(C)(C)Nc1ccnc(Nc2cccc(C(F)(F)F)c2)n1. The molecule has 2 aromatic rings. The van der Waals surface area contributed by atoms with E-state index in [1.807, 2.05) is 20.8 Å². The molecule has 7 heteroatoms. The third-order valence-electron chi connectivity index (χ3n) is 2.60. The fraction of sp³-hybridized carbons (Fsp3) is 0.333. The summed E-state index contributed by atoms with van der Waals surface area (Å²) >= 11 is 0. The lowest BCUT2D eigenvalue weighted by molar-refractivity contribution is -0.137. The number of nitrogens with zero attached hydrogens (tertiary/aromatic N) is 2. The third kappa shape index (κ3) is 4.61. The van der Waals surface area contributed by atoms with E-state index in [9.17, 15) is 13.2 Å². The molecule has 0 unspecified atom stereocenters. The molecule has 4 nitrogen and oxygen atoms in total. The normalized spacial score (nSPS) is 12.1. The topological polar surface area (TPSA) is 49.8 Å². The maximum Gasteiger partial charge on any atom is 0.416 e. The highest BCUT2D eigenvalue weighted by molar-refractivity contribution is 5.56. The van der Waals surface area contributed by atoms with Gasteiger partial charge < -0.3 is 10.6 Å². The van der Waals surface area contributed by atoms with Crippen molar-refractivity contribution >= 4 is 17.5 Å². The van der Waals surface area contributed by atoms with Crippen LogP contribution < -0.4 is 10.6 Å². The number of halogens is 3. The monoisotopic (exact) mass is 310 g/mol. The summed E-state index contributed by atoms with van der Waals surface area (Å²) in [4.78, 5) is 8.24. The number of anilines is 3. The van der Waals surface area contributed by atoms with E-state index in [1.54, 1.807) is 6.07 Å². The Morgan fingerprint density at radius 2 is 1.77 bits per heavy atom. The molecule has 118 valence electrons. The lowest BCUT2D eigenvalue weighted by atomic mass is 10.1. The molecule has 1 aromatic carbocycles. The Morgan fingerprint density at radius 1 is 1.05 bits per heavy atom. The molecule has 2 N–H and O–H groups in total. The van der Waals surface area contributed by atoms with Crippen molar-refractivity contribution in [3.63, 3.8) is 0 Å². The van der Waals surface area contributed by atoms with Crippen molar-refractivity contribution in [2.75, 3.05) is 10.6 Å². The van der Waals surface area contributed by atoms with E-state index < -0.39 is 11.7 Å². The summed E-state index contributed by atoms with van der Waals surface area (Å²) in [6, 6.07) is 6.60. The summed E-state index contributed by atoms with van der Waals surface area (Å²) in [5, 5.41) is 5.95. The molecule has 1 aromatic heterocycles. The average molecular weight is 310 g/mol. The number of rotatable bonds is 3. The minimum absolute atomic E-state index is 0.179. The van der Waals surface area contributed by atoms with Crippen molar-refractivity contribution in [1.29, 1.82) is 0 Å². The van der Waals surface area contributed by atoms with Crippen molar-refractivity contribution in [1.82, 2.24) is 9.97 Å². The second-order valence-electron chi connectivity index (χ2n) is 5.84. The lowest BCUT2D eigenvalue weighted by Gasteiger charge is -2.21. The van der Waals surface area contributed by atoms with Crippen LogP contribution in [-0.4, -0.2) is 15.5 Å². The summed E-state index contributed by atoms with van der Waals surface area (Å²) in [6.45, 7) is 5.94. The maximum atomic E-state index is 12.7. The van der Waals surface area contributed by atoms with Gasteiger partial charge in [-0.25, -0.2) is 4.98 Å². The number of alkyl halides is 3. The van der Waals surface area contributed by atoms with Crippen LogP contribution in [0.15, 0.2) is 36.5 Å². The van der Waals surface area contributed by atoms with Crippen LogP contribution in [0.25, 0.3) is 0 Å². The van der Waals surface area contributed by atoms with Crippen molar-refractivity contribution in [2.45, 2.75) is 32.5 Å². The van der Waals surface area contributed by atoms with Crippen LogP contribution in [0.4, 0.5) is 30.6 Å². The zero-order valence-corrected chi connectivity index (χ0v) is 12.5. The zero-order chi connectivity index (χ0) is 16.4. The highest BCUT2D eigenvalue weighted by Crippen LogP contribution is 2.31. The Balaban J connectivity index is 2.19. The molecule has 0 spiro atoms. The van der Waals surface area contributed by atoms with Crippen molar-refractivity contribution in [2.24, 2.45) is 0 Å². The molecular formula is C15H17F3N4. The summed E-state index contributed by atoms with van der Waals surface area (Å²) in [5.74, 6) is 0.825. The molecule has 0 aliphatic heterocycles. The summed E-state index contributed by atoms with van der Waals surface area (Å²) in [5.41, 5.74) is -0.619. The molecule has 0 fully saturated rings. The van der Waals surface area contributed by atoms with Gasteiger partial charge in [-0.1, -0.05) is 6.07 Å². The van der Waals surface area contributed by atoms with Gasteiger partial charge in [0.15, 0.2) is 0 Å². The Labute approximate surface area is 126 Å². The Kier molecular flexibility index (Phi) is 4.25. The average Bonchev–Trinajstić information content (AvgIpc) is 2.36. The van der Waals surface area contributed by atoms with E-state index in [-0.39, 0.29) is 17.2 Å². The van der Waals surface area contributed by atoms with E-state index in [0.29, 0.717) is 5.82 Å². The Bertz CT molecular complexity index is 648. The first-order valence-electron chi connectivity index (χ1n) is 6.69. The first-order chi connectivity index (χ1) is 10.1. The highest BCUT2D eigenvalue weighted by Gasteiger charge is 2.30. The molecular weight excluding hydrogens is 293 g/mol. The van der Waals surface area contributed by atoms with Gasteiger partial charge in [0.2, 0.25) is 5.95 Å². The smallest absolute Gasteiger partial charge is 0.365 e. The van der Waals surface area contributed by atoms with E-state index in [2.05, 4.69) is 20.6 Å². The zero-order valence-electron chi connectivity index (χ0n) is 12.5. The van der Waals surface area contributed by atoms with Gasteiger partial charge in [0.1, 0.15) is 5.82 Å². The van der Waals surface area contributed by atoms with E-state index in [4.69, 9.17) is 0 Å². The summed E-state index contributed by atoms with van der Waals surface area (Å²) in [6.07, 6.45) is -2.84. The van der Waals surface area contributed by atoms with Gasteiger partial charge in [-0.15, -0.1) is 0 Å². The highest BCUT2D eigenvalue weighted by atomic mass is 19.4. The number of aromatic nitrogens is 2. The molecule has 22 heavy (non-hydrogen) atoms. The van der Waals surface area contributed by atoms with Gasteiger partial charge in [0.05, 0.1) is 5.56 Å². The second kappa shape index (κ2) is 5.82. The standard InChI is InChI=1S/C15H17F3N4/c1-14(2,3)22-12-7-8-19-13(21-12)20-11-6-4-5-10(9-11)15(16,17)18/h4-9H,1-3H3,(H2,19,20,21,22). The van der Waals surface area contributed by atoms with Crippen LogP contribution in [0.5, 0.6) is 0 Å². The fourth-order valence-corrected chi connectivity index (χ4v) is 1.78. The summed E-state index contributed by atoms with van der Waals surface area (Å²) < 4.78 is 38.1. The molecule has 1 heterocycles. The minimum Gasteiger partial charge on any atom is -0.365 e. The molecule has 0 saturated heterocycles. The predicted octanol–water partition coefficient (Wildman–Crippen LogP) is 4.45. The van der Waals surface area contributed by atoms with Gasteiger partial charge >= 0.3 is 6.18 Å². The van der Waals surface area contributed by atoms with Crippen LogP contribution in [0, 0.1) is 0 Å². The fourth-order valence-electron chi connectivity index (χ4n) is 1.78. The number of hydrogen-bond donors (Lipinski definition) is 2. The van der Waals surface area contributed by atoms with Crippen molar-refractivity contribution in [3.8, 4) is 0 Å². The van der Waals surface area contributed by atoms with Crippen molar-refractivity contribution < 1.29 is 13.2 Å². The minimum atomic E-state index is -4.38.